The van der Waals surface area contributed by atoms with Crippen molar-refractivity contribution in [2.75, 3.05) is 39.4 Å². The van der Waals surface area contributed by atoms with Gasteiger partial charge in [0, 0.05) is 37.1 Å². The van der Waals surface area contributed by atoms with Crippen LogP contribution in [0.15, 0.2) is 36.4 Å². The number of rotatable bonds is 7. The maximum Gasteiger partial charge on any atom is 0.409 e. The van der Waals surface area contributed by atoms with E-state index in [2.05, 4.69) is 5.32 Å². The van der Waals surface area contributed by atoms with E-state index >= 15 is 0 Å². The molecule has 4 rings (SSSR count). The molecule has 1 aromatic carbocycles. The van der Waals surface area contributed by atoms with Crippen molar-refractivity contribution in [2.45, 2.75) is 45.1 Å². The Bertz CT molecular complexity index is 1010. The number of carbonyl (C=O) groups is 3. The molecule has 9 heteroatoms. The number of nitrogens with one attached hydrogen (secondary N) is 1. The fraction of sp³-hybridized carbons (Fsp3) is 0.500. The lowest BCUT2D eigenvalue weighted by atomic mass is 10.1. The minimum Gasteiger partial charge on any atom is -0.482 e. The summed E-state index contributed by atoms with van der Waals surface area (Å²) in [5, 5.41) is 3.10. The summed E-state index contributed by atoms with van der Waals surface area (Å²) in [4.78, 5) is 42.7. The van der Waals surface area contributed by atoms with E-state index in [-0.39, 0.29) is 30.6 Å². The normalized spacial score (nSPS) is 16.6. The van der Waals surface area contributed by atoms with Crippen molar-refractivity contribution in [1.29, 1.82) is 0 Å². The maximum atomic E-state index is 13.3. The van der Waals surface area contributed by atoms with Crippen LogP contribution in [-0.2, 0) is 9.53 Å². The van der Waals surface area contributed by atoms with E-state index in [1.165, 1.54) is 11.3 Å². The topological polar surface area (TPSA) is 88.2 Å². The third-order valence-electron chi connectivity index (χ3n) is 6.38. The van der Waals surface area contributed by atoms with Crippen LogP contribution in [0.1, 0.15) is 48.7 Å². The molecule has 2 aromatic rings. The van der Waals surface area contributed by atoms with Crippen LogP contribution >= 0.6 is 11.3 Å². The van der Waals surface area contributed by atoms with Gasteiger partial charge in [0.05, 0.1) is 6.61 Å². The van der Waals surface area contributed by atoms with E-state index < -0.39 is 0 Å². The molecular weight excluding hydrogens is 466 g/mol. The highest BCUT2D eigenvalue weighted by molar-refractivity contribution is 7.17. The van der Waals surface area contributed by atoms with Gasteiger partial charge >= 0.3 is 6.09 Å². The number of ether oxygens (including phenoxy) is 2. The predicted octanol–water partition coefficient (Wildman–Crippen LogP) is 4.16. The molecule has 0 unspecified atom stereocenters. The summed E-state index contributed by atoms with van der Waals surface area (Å²) in [6, 6.07) is 11.6. The van der Waals surface area contributed by atoms with Crippen molar-refractivity contribution in [2.24, 2.45) is 0 Å². The van der Waals surface area contributed by atoms with E-state index in [9.17, 15) is 14.4 Å². The lowest BCUT2D eigenvalue weighted by molar-refractivity contribution is -0.134. The molecule has 2 aliphatic rings. The summed E-state index contributed by atoms with van der Waals surface area (Å²) in [7, 11) is 0. The molecule has 1 N–H and O–H groups in total. The summed E-state index contributed by atoms with van der Waals surface area (Å²) >= 11 is 1.36. The van der Waals surface area contributed by atoms with Crippen LogP contribution in [0.4, 0.5) is 4.79 Å². The van der Waals surface area contributed by atoms with E-state index in [0.717, 1.165) is 42.8 Å². The predicted molar refractivity (Wildman–Crippen MR) is 135 cm³/mol. The molecule has 0 bridgehead atoms. The SMILES string of the molecule is CCOC(=O)N1CCC(NC(=O)c2sc(-c3ccccc3)cc2OCC(=O)N2CCCCC2)CC1. The number of hydrogen-bond acceptors (Lipinski definition) is 6. The highest BCUT2D eigenvalue weighted by Crippen LogP contribution is 2.36. The van der Waals surface area contributed by atoms with E-state index in [0.29, 0.717) is 43.2 Å². The fourth-order valence-corrected chi connectivity index (χ4v) is 5.44. The number of thiophene rings is 1. The van der Waals surface area contributed by atoms with Crippen LogP contribution in [0.2, 0.25) is 0 Å². The number of benzene rings is 1. The molecule has 2 fully saturated rings. The Morgan fingerprint density at radius 3 is 2.40 bits per heavy atom. The van der Waals surface area contributed by atoms with Gasteiger partial charge in [-0.15, -0.1) is 11.3 Å². The number of amides is 3. The van der Waals surface area contributed by atoms with E-state index in [1.54, 1.807) is 11.8 Å². The van der Waals surface area contributed by atoms with Gasteiger partial charge in [-0.05, 0) is 50.7 Å². The quantitative estimate of drug-likeness (QED) is 0.618. The summed E-state index contributed by atoms with van der Waals surface area (Å²) in [5.41, 5.74) is 0.992. The second kappa shape index (κ2) is 12.1. The molecule has 8 nitrogen and oxygen atoms in total. The van der Waals surface area contributed by atoms with Gasteiger partial charge in [0.15, 0.2) is 6.61 Å². The van der Waals surface area contributed by atoms with Gasteiger partial charge in [0.1, 0.15) is 10.6 Å². The van der Waals surface area contributed by atoms with Crippen molar-refractivity contribution in [3.05, 3.63) is 41.3 Å². The second-order valence-corrected chi connectivity index (χ2v) is 9.89. The van der Waals surface area contributed by atoms with Crippen molar-refractivity contribution in [3.8, 4) is 16.2 Å². The Hall–Kier alpha value is -3.07. The second-order valence-electron chi connectivity index (χ2n) is 8.83. The molecule has 0 atom stereocenters. The van der Waals surface area contributed by atoms with Crippen molar-refractivity contribution in [3.63, 3.8) is 0 Å². The largest absolute Gasteiger partial charge is 0.482 e. The highest BCUT2D eigenvalue weighted by Gasteiger charge is 2.27. The Labute approximate surface area is 210 Å². The first-order valence-corrected chi connectivity index (χ1v) is 13.2. The van der Waals surface area contributed by atoms with Gasteiger partial charge in [-0.1, -0.05) is 30.3 Å². The van der Waals surface area contributed by atoms with Crippen LogP contribution in [0.3, 0.4) is 0 Å². The minimum absolute atomic E-state index is 0.0433. The number of nitrogens with zero attached hydrogens (tertiary/aromatic N) is 2. The standard InChI is InChI=1S/C26H33N3O5S/c1-2-33-26(32)29-15-11-20(12-16-29)27-25(31)24-21(17-22(35-24)19-9-5-3-6-10-19)34-18-23(30)28-13-7-4-8-14-28/h3,5-6,9-10,17,20H,2,4,7-8,11-16,18H2,1H3,(H,27,31). The van der Waals surface area contributed by atoms with Gasteiger partial charge in [-0.25, -0.2) is 4.79 Å². The fourth-order valence-electron chi connectivity index (χ4n) is 4.43. The first kappa shape index (κ1) is 25.0. The molecule has 0 radical (unpaired) electrons. The monoisotopic (exact) mass is 499 g/mol. The molecule has 0 aliphatic carbocycles. The average molecular weight is 500 g/mol. The third kappa shape index (κ3) is 6.54. The van der Waals surface area contributed by atoms with Crippen molar-refractivity contribution >= 4 is 29.2 Å². The first-order valence-electron chi connectivity index (χ1n) is 12.4. The molecule has 2 saturated heterocycles. The smallest absolute Gasteiger partial charge is 0.409 e. The van der Waals surface area contributed by atoms with Crippen molar-refractivity contribution < 1.29 is 23.9 Å². The third-order valence-corrected chi connectivity index (χ3v) is 7.54. The zero-order valence-electron chi connectivity index (χ0n) is 20.2. The van der Waals surface area contributed by atoms with Gasteiger partial charge in [-0.2, -0.15) is 0 Å². The lowest BCUT2D eigenvalue weighted by Crippen LogP contribution is -2.46. The van der Waals surface area contributed by atoms with Crippen LogP contribution in [0.5, 0.6) is 5.75 Å². The molecule has 3 amide bonds. The highest BCUT2D eigenvalue weighted by atomic mass is 32.1. The molecule has 1 aromatic heterocycles. The molecular formula is C26H33N3O5S. The number of carbonyl (C=O) groups excluding carboxylic acids is 3. The minimum atomic E-state index is -0.308. The van der Waals surface area contributed by atoms with Gasteiger partial charge in [-0.3, -0.25) is 9.59 Å². The Morgan fingerprint density at radius 2 is 1.71 bits per heavy atom. The van der Waals surface area contributed by atoms with Crippen LogP contribution in [0.25, 0.3) is 10.4 Å². The Morgan fingerprint density at radius 1 is 1.00 bits per heavy atom. The van der Waals surface area contributed by atoms with Crippen LogP contribution in [0, 0.1) is 0 Å². The zero-order valence-corrected chi connectivity index (χ0v) is 21.0. The van der Waals surface area contributed by atoms with E-state index in [4.69, 9.17) is 9.47 Å². The Balaban J connectivity index is 1.43. The van der Waals surface area contributed by atoms with Crippen molar-refractivity contribution in [1.82, 2.24) is 15.1 Å². The molecule has 2 aliphatic heterocycles. The molecule has 35 heavy (non-hydrogen) atoms. The van der Waals surface area contributed by atoms with Crippen LogP contribution < -0.4 is 10.1 Å². The molecule has 0 spiro atoms. The van der Waals surface area contributed by atoms with Crippen LogP contribution in [-0.4, -0.2) is 73.1 Å². The summed E-state index contributed by atoms with van der Waals surface area (Å²) in [6.45, 7) is 4.66. The van der Waals surface area contributed by atoms with Gasteiger partial charge in [0.25, 0.3) is 11.8 Å². The summed E-state index contributed by atoms with van der Waals surface area (Å²) < 4.78 is 11.0. The number of hydrogen-bond donors (Lipinski definition) is 1. The molecule has 3 heterocycles. The lowest BCUT2D eigenvalue weighted by Gasteiger charge is -2.31. The van der Waals surface area contributed by atoms with Gasteiger partial charge in [0.2, 0.25) is 0 Å². The number of piperidine rings is 2. The summed E-state index contributed by atoms with van der Waals surface area (Å²) in [5.74, 6) is 0.169. The average Bonchev–Trinajstić information content (AvgIpc) is 3.33. The Kier molecular flexibility index (Phi) is 8.63. The van der Waals surface area contributed by atoms with Gasteiger partial charge < -0.3 is 24.6 Å². The number of likely N-dealkylation sites (tertiary alicyclic amines) is 2. The maximum absolute atomic E-state index is 13.3. The summed E-state index contributed by atoms with van der Waals surface area (Å²) in [6.07, 6.45) is 4.20. The molecule has 188 valence electrons. The molecule has 0 saturated carbocycles. The first-order chi connectivity index (χ1) is 17.0. The van der Waals surface area contributed by atoms with E-state index in [1.807, 2.05) is 41.3 Å². The zero-order chi connectivity index (χ0) is 24.6.